The highest BCUT2D eigenvalue weighted by Gasteiger charge is 2.27. The number of anilines is 1. The van der Waals surface area contributed by atoms with Gasteiger partial charge in [0.15, 0.2) is 0 Å². The fourth-order valence-corrected chi connectivity index (χ4v) is 5.21. The first kappa shape index (κ1) is 21.6. The number of hydrogen-bond donors (Lipinski definition) is 1. The smallest absolute Gasteiger partial charge is 0.243 e. The Morgan fingerprint density at radius 3 is 2.81 bits per heavy atom. The molecular weight excluding hydrogens is 440 g/mol. The van der Waals surface area contributed by atoms with Gasteiger partial charge in [-0.15, -0.1) is 11.3 Å². The van der Waals surface area contributed by atoms with Crippen molar-refractivity contribution in [3.05, 3.63) is 47.2 Å². The van der Waals surface area contributed by atoms with Crippen LogP contribution in [0.3, 0.4) is 0 Å². The van der Waals surface area contributed by atoms with Gasteiger partial charge in [-0.05, 0) is 36.1 Å². The highest BCUT2D eigenvalue weighted by Crippen LogP contribution is 2.24. The Labute approximate surface area is 184 Å². The van der Waals surface area contributed by atoms with Crippen molar-refractivity contribution in [2.45, 2.75) is 24.7 Å². The number of amides is 1. The molecule has 3 heterocycles. The fourth-order valence-electron chi connectivity index (χ4n) is 3.13. The molecule has 9 nitrogen and oxygen atoms in total. The summed E-state index contributed by atoms with van der Waals surface area (Å²) >= 11 is 1.51. The Bertz CT molecular complexity index is 1150. The molecule has 11 heteroatoms. The molecule has 0 bridgehead atoms. The predicted molar refractivity (Wildman–Crippen MR) is 115 cm³/mol. The summed E-state index contributed by atoms with van der Waals surface area (Å²) in [6.45, 7) is 3.19. The van der Waals surface area contributed by atoms with E-state index in [-0.39, 0.29) is 23.6 Å². The summed E-state index contributed by atoms with van der Waals surface area (Å²) in [6.07, 6.45) is 0.418. The molecule has 1 aliphatic heterocycles. The van der Waals surface area contributed by atoms with E-state index in [0.717, 1.165) is 10.4 Å². The number of ether oxygens (including phenoxy) is 1. The number of benzene rings is 1. The lowest BCUT2D eigenvalue weighted by Crippen LogP contribution is -2.40. The summed E-state index contributed by atoms with van der Waals surface area (Å²) in [5, 5.41) is 8.65. The molecule has 0 aliphatic carbocycles. The maximum atomic E-state index is 12.9. The van der Waals surface area contributed by atoms with Crippen molar-refractivity contribution in [1.82, 2.24) is 14.4 Å². The minimum Gasteiger partial charge on any atom is -0.379 e. The van der Waals surface area contributed by atoms with Gasteiger partial charge >= 0.3 is 0 Å². The Hall–Kier alpha value is -2.60. The van der Waals surface area contributed by atoms with Crippen molar-refractivity contribution >= 4 is 33.0 Å². The summed E-state index contributed by atoms with van der Waals surface area (Å²) in [5.74, 6) is 0.612. The Balaban J connectivity index is 1.40. The zero-order valence-corrected chi connectivity index (χ0v) is 18.5. The summed E-state index contributed by atoms with van der Waals surface area (Å²) in [5.41, 5.74) is 1.23. The van der Waals surface area contributed by atoms with E-state index in [1.54, 1.807) is 12.1 Å². The van der Waals surface area contributed by atoms with E-state index < -0.39 is 10.0 Å². The van der Waals surface area contributed by atoms with Gasteiger partial charge < -0.3 is 14.6 Å². The van der Waals surface area contributed by atoms with E-state index in [2.05, 4.69) is 15.5 Å². The molecule has 0 radical (unpaired) electrons. The van der Waals surface area contributed by atoms with Crippen LogP contribution in [0.1, 0.15) is 17.9 Å². The van der Waals surface area contributed by atoms with Crippen molar-refractivity contribution in [2.24, 2.45) is 0 Å². The van der Waals surface area contributed by atoms with Crippen LogP contribution in [-0.4, -0.2) is 55.1 Å². The lowest BCUT2D eigenvalue weighted by Gasteiger charge is -2.26. The van der Waals surface area contributed by atoms with E-state index in [4.69, 9.17) is 9.26 Å². The first-order chi connectivity index (χ1) is 14.9. The van der Waals surface area contributed by atoms with Crippen molar-refractivity contribution in [3.63, 3.8) is 0 Å². The highest BCUT2D eigenvalue weighted by molar-refractivity contribution is 7.89. The van der Waals surface area contributed by atoms with Gasteiger partial charge in [0.2, 0.25) is 27.6 Å². The van der Waals surface area contributed by atoms with Crippen LogP contribution in [0.15, 0.2) is 45.1 Å². The van der Waals surface area contributed by atoms with Gasteiger partial charge in [0.1, 0.15) is 0 Å². The summed E-state index contributed by atoms with van der Waals surface area (Å²) < 4.78 is 37.6. The van der Waals surface area contributed by atoms with Crippen LogP contribution in [0.5, 0.6) is 0 Å². The molecule has 3 aromatic rings. The topological polar surface area (TPSA) is 115 Å². The van der Waals surface area contributed by atoms with E-state index >= 15 is 0 Å². The monoisotopic (exact) mass is 462 g/mol. The molecule has 1 amide bonds. The third kappa shape index (κ3) is 5.01. The summed E-state index contributed by atoms with van der Waals surface area (Å²) in [4.78, 5) is 17.8. The standard InChI is InChI=1S/C20H22N4O5S2/c1-14-4-5-15(31(26,27)24-8-10-28-11-9-24)13-16(14)21-18(25)6-7-19-22-20(23-29-19)17-3-2-12-30-17/h2-5,12-13H,6-11H2,1H3,(H,21,25). The van der Waals surface area contributed by atoms with Gasteiger partial charge in [0.05, 0.1) is 23.0 Å². The van der Waals surface area contributed by atoms with Crippen molar-refractivity contribution in [1.29, 1.82) is 0 Å². The number of carbonyl (C=O) groups is 1. The number of sulfonamides is 1. The lowest BCUT2D eigenvalue weighted by atomic mass is 10.2. The van der Waals surface area contributed by atoms with Crippen LogP contribution in [-0.2, 0) is 26.0 Å². The third-order valence-corrected chi connectivity index (χ3v) is 7.63. The second kappa shape index (κ2) is 9.27. The average Bonchev–Trinajstić information content (AvgIpc) is 3.46. The molecule has 2 aromatic heterocycles. The predicted octanol–water partition coefficient (Wildman–Crippen LogP) is 2.70. The first-order valence-electron chi connectivity index (χ1n) is 9.78. The molecule has 4 rings (SSSR count). The number of thiophene rings is 1. The largest absolute Gasteiger partial charge is 0.379 e. The summed E-state index contributed by atoms with van der Waals surface area (Å²) in [6, 6.07) is 8.54. The lowest BCUT2D eigenvalue weighted by molar-refractivity contribution is -0.116. The number of hydrogen-bond acceptors (Lipinski definition) is 8. The fraction of sp³-hybridized carbons (Fsp3) is 0.350. The zero-order chi connectivity index (χ0) is 21.8. The molecule has 0 atom stereocenters. The Morgan fingerprint density at radius 1 is 1.26 bits per heavy atom. The van der Waals surface area contributed by atoms with Crippen molar-refractivity contribution < 1.29 is 22.5 Å². The zero-order valence-electron chi connectivity index (χ0n) is 16.9. The second-order valence-corrected chi connectivity index (χ2v) is 9.92. The molecule has 1 fully saturated rings. The molecule has 164 valence electrons. The average molecular weight is 463 g/mol. The van der Waals surface area contributed by atoms with Crippen LogP contribution < -0.4 is 5.32 Å². The number of morpholine rings is 1. The number of aromatic nitrogens is 2. The molecule has 1 aromatic carbocycles. The number of nitrogens with one attached hydrogen (secondary N) is 1. The molecule has 0 saturated carbocycles. The molecule has 1 aliphatic rings. The molecule has 0 unspecified atom stereocenters. The van der Waals surface area contributed by atoms with Crippen molar-refractivity contribution in [3.8, 4) is 10.7 Å². The minimum atomic E-state index is -3.64. The van der Waals surface area contributed by atoms with Gasteiger partial charge in [-0.1, -0.05) is 17.3 Å². The molecule has 1 saturated heterocycles. The molecular formula is C20H22N4O5S2. The normalized spacial score (nSPS) is 15.1. The molecule has 31 heavy (non-hydrogen) atoms. The Kier molecular flexibility index (Phi) is 6.46. The quantitative estimate of drug-likeness (QED) is 0.574. The SMILES string of the molecule is Cc1ccc(S(=O)(=O)N2CCOCC2)cc1NC(=O)CCc1nc(-c2cccs2)no1. The maximum absolute atomic E-state index is 12.9. The minimum absolute atomic E-state index is 0.131. The van der Waals surface area contributed by atoms with E-state index in [0.29, 0.717) is 43.7 Å². The van der Waals surface area contributed by atoms with E-state index in [1.165, 1.54) is 21.7 Å². The summed E-state index contributed by atoms with van der Waals surface area (Å²) in [7, 11) is -3.64. The highest BCUT2D eigenvalue weighted by atomic mass is 32.2. The Morgan fingerprint density at radius 2 is 2.06 bits per heavy atom. The van der Waals surface area contributed by atoms with E-state index in [9.17, 15) is 13.2 Å². The van der Waals surface area contributed by atoms with Gasteiger partial charge in [0, 0.05) is 31.6 Å². The van der Waals surface area contributed by atoms with E-state index in [1.807, 2.05) is 24.4 Å². The number of aryl methyl sites for hydroxylation is 2. The molecule has 1 N–H and O–H groups in total. The van der Waals surface area contributed by atoms with Gasteiger partial charge in [-0.25, -0.2) is 8.42 Å². The van der Waals surface area contributed by atoms with Gasteiger partial charge in [-0.3, -0.25) is 4.79 Å². The van der Waals surface area contributed by atoms with Crippen LogP contribution in [0, 0.1) is 6.92 Å². The van der Waals surface area contributed by atoms with Gasteiger partial charge in [0.25, 0.3) is 0 Å². The maximum Gasteiger partial charge on any atom is 0.243 e. The van der Waals surface area contributed by atoms with Crippen molar-refractivity contribution in [2.75, 3.05) is 31.6 Å². The third-order valence-electron chi connectivity index (χ3n) is 4.87. The molecule has 0 spiro atoms. The van der Waals surface area contributed by atoms with Crippen LogP contribution in [0.25, 0.3) is 10.7 Å². The van der Waals surface area contributed by atoms with Crippen LogP contribution in [0.4, 0.5) is 5.69 Å². The second-order valence-electron chi connectivity index (χ2n) is 7.03. The number of nitrogens with zero attached hydrogens (tertiary/aromatic N) is 3. The van der Waals surface area contributed by atoms with Crippen LogP contribution >= 0.6 is 11.3 Å². The number of carbonyl (C=O) groups excluding carboxylic acids is 1. The van der Waals surface area contributed by atoms with Crippen LogP contribution in [0.2, 0.25) is 0 Å². The first-order valence-corrected chi connectivity index (χ1v) is 12.1. The van der Waals surface area contributed by atoms with Gasteiger partial charge in [-0.2, -0.15) is 9.29 Å². The number of rotatable bonds is 7.